The molecule has 0 aliphatic heterocycles. The zero-order valence-corrected chi connectivity index (χ0v) is 18.2. The summed E-state index contributed by atoms with van der Waals surface area (Å²) in [6.45, 7) is 2.08. The van der Waals surface area contributed by atoms with Crippen molar-refractivity contribution in [1.29, 1.82) is 0 Å². The highest BCUT2D eigenvalue weighted by Gasteiger charge is 2.28. The summed E-state index contributed by atoms with van der Waals surface area (Å²) >= 11 is 1.57. The third-order valence-electron chi connectivity index (χ3n) is 5.64. The van der Waals surface area contributed by atoms with E-state index in [4.69, 9.17) is 9.72 Å². The van der Waals surface area contributed by atoms with Gasteiger partial charge in [-0.05, 0) is 42.5 Å². The molecule has 0 fully saturated rings. The maximum Gasteiger partial charge on any atom is 0.253 e. The van der Waals surface area contributed by atoms with Gasteiger partial charge >= 0.3 is 0 Å². The smallest absolute Gasteiger partial charge is 0.253 e. The molecule has 0 spiro atoms. The summed E-state index contributed by atoms with van der Waals surface area (Å²) < 4.78 is 6.87. The average Bonchev–Trinajstić information content (AvgIpc) is 3.19. The number of nitrogens with zero attached hydrogens (tertiary/aromatic N) is 4. The van der Waals surface area contributed by atoms with Gasteiger partial charge in [-0.25, -0.2) is 9.50 Å². The van der Waals surface area contributed by atoms with Crippen LogP contribution < -0.4 is 4.74 Å². The lowest BCUT2D eigenvalue weighted by atomic mass is 9.82. The third-order valence-corrected chi connectivity index (χ3v) is 6.55. The molecule has 2 aromatic heterocycles. The molecule has 1 aliphatic carbocycles. The minimum atomic E-state index is 0.0980. The number of ketones is 1. The zero-order valence-electron chi connectivity index (χ0n) is 17.4. The second-order valence-corrected chi connectivity index (χ2v) is 8.76. The molecule has 4 aromatic rings. The predicted molar refractivity (Wildman–Crippen MR) is 120 cm³/mol. The van der Waals surface area contributed by atoms with Crippen molar-refractivity contribution in [2.24, 2.45) is 0 Å². The van der Waals surface area contributed by atoms with Crippen molar-refractivity contribution >= 4 is 23.3 Å². The molecular weight excluding hydrogens is 408 g/mol. The zero-order chi connectivity index (χ0) is 21.4. The average molecular weight is 431 g/mol. The van der Waals surface area contributed by atoms with Crippen LogP contribution in [0.5, 0.6) is 5.75 Å². The second kappa shape index (κ2) is 8.15. The van der Waals surface area contributed by atoms with E-state index in [1.807, 2.05) is 24.3 Å². The largest absolute Gasteiger partial charge is 0.497 e. The first-order valence-corrected chi connectivity index (χ1v) is 11.2. The standard InChI is InChI=1S/C24H22N4O2S/c1-15-3-5-16(6-4-15)14-31-24-26-23-25-21-11-18(17-7-9-19(30-2)10-8-17)12-22(29)20(21)13-28(23)27-24/h3-10,13,18H,11-12,14H2,1-2H3/t18-/m1/s1. The normalized spacial score (nSPS) is 15.8. The summed E-state index contributed by atoms with van der Waals surface area (Å²) in [5, 5.41) is 5.19. The lowest BCUT2D eigenvalue weighted by molar-refractivity contribution is 0.0962. The highest BCUT2D eigenvalue weighted by Crippen LogP contribution is 2.33. The monoisotopic (exact) mass is 430 g/mol. The Bertz CT molecular complexity index is 1250. The van der Waals surface area contributed by atoms with E-state index in [1.54, 1.807) is 29.6 Å². The van der Waals surface area contributed by atoms with Crippen LogP contribution in [0.3, 0.4) is 0 Å². The fraction of sp³-hybridized carbons (Fsp3) is 0.250. The number of carbonyl (C=O) groups excluding carboxylic acids is 1. The molecule has 1 atom stereocenters. The van der Waals surface area contributed by atoms with Crippen molar-refractivity contribution in [2.75, 3.05) is 7.11 Å². The van der Waals surface area contributed by atoms with E-state index in [9.17, 15) is 4.79 Å². The van der Waals surface area contributed by atoms with E-state index in [-0.39, 0.29) is 11.7 Å². The van der Waals surface area contributed by atoms with Crippen molar-refractivity contribution in [1.82, 2.24) is 19.6 Å². The van der Waals surface area contributed by atoms with Crippen LogP contribution in [0.15, 0.2) is 59.9 Å². The summed E-state index contributed by atoms with van der Waals surface area (Å²) in [4.78, 5) is 22.1. The van der Waals surface area contributed by atoms with Crippen molar-refractivity contribution in [3.05, 3.63) is 82.7 Å². The van der Waals surface area contributed by atoms with Crippen molar-refractivity contribution in [3.8, 4) is 5.75 Å². The lowest BCUT2D eigenvalue weighted by Crippen LogP contribution is -2.21. The number of thioether (sulfide) groups is 1. The van der Waals surface area contributed by atoms with Gasteiger partial charge in [0.25, 0.3) is 5.78 Å². The van der Waals surface area contributed by atoms with Crippen LogP contribution >= 0.6 is 11.8 Å². The summed E-state index contributed by atoms with van der Waals surface area (Å²) in [7, 11) is 1.65. The van der Waals surface area contributed by atoms with Gasteiger partial charge in [0.15, 0.2) is 5.78 Å². The Kier molecular flexibility index (Phi) is 5.19. The number of aromatic nitrogens is 4. The fourth-order valence-electron chi connectivity index (χ4n) is 3.87. The molecule has 7 heteroatoms. The third kappa shape index (κ3) is 4.05. The first-order valence-electron chi connectivity index (χ1n) is 10.2. The molecule has 0 radical (unpaired) electrons. The Balaban J connectivity index is 1.38. The Labute approximate surface area is 184 Å². The number of Topliss-reactive ketones (excluding diaryl/α,β-unsaturated/α-hetero) is 1. The quantitative estimate of drug-likeness (QED) is 0.430. The maximum atomic E-state index is 12.8. The van der Waals surface area contributed by atoms with E-state index in [1.165, 1.54) is 11.1 Å². The lowest BCUT2D eigenvalue weighted by Gasteiger charge is -2.23. The van der Waals surface area contributed by atoms with Crippen molar-refractivity contribution < 1.29 is 9.53 Å². The maximum absolute atomic E-state index is 12.8. The van der Waals surface area contributed by atoms with E-state index in [0.717, 1.165) is 22.8 Å². The molecule has 0 unspecified atom stereocenters. The van der Waals surface area contributed by atoms with Gasteiger partial charge < -0.3 is 4.74 Å². The molecule has 5 rings (SSSR count). The molecular formula is C24H22N4O2S. The topological polar surface area (TPSA) is 69.4 Å². The number of benzene rings is 2. The van der Waals surface area contributed by atoms with Gasteiger partial charge in [0.05, 0.1) is 18.4 Å². The van der Waals surface area contributed by atoms with Crippen molar-refractivity contribution in [3.63, 3.8) is 0 Å². The predicted octanol–water partition coefficient (Wildman–Crippen LogP) is 4.65. The van der Waals surface area contributed by atoms with Crippen LogP contribution in [0.25, 0.3) is 5.78 Å². The molecule has 6 nitrogen and oxygen atoms in total. The van der Waals surface area contributed by atoms with Gasteiger partial charge in [-0.3, -0.25) is 4.79 Å². The Morgan fingerprint density at radius 1 is 1.06 bits per heavy atom. The highest BCUT2D eigenvalue weighted by molar-refractivity contribution is 7.98. The van der Waals surface area contributed by atoms with Gasteiger partial charge in [-0.15, -0.1) is 5.10 Å². The number of ether oxygens (including phenoxy) is 1. The summed E-state index contributed by atoms with van der Waals surface area (Å²) in [5.41, 5.74) is 5.03. The summed E-state index contributed by atoms with van der Waals surface area (Å²) in [5.74, 6) is 2.34. The van der Waals surface area contributed by atoms with Gasteiger partial charge in [0, 0.05) is 18.4 Å². The summed E-state index contributed by atoms with van der Waals surface area (Å²) in [6, 6.07) is 16.4. The molecule has 2 heterocycles. The molecule has 1 aliphatic rings. The minimum Gasteiger partial charge on any atom is -0.497 e. The molecule has 0 bridgehead atoms. The fourth-order valence-corrected chi connectivity index (χ4v) is 4.65. The number of aryl methyl sites for hydroxylation is 1. The molecule has 0 saturated carbocycles. The summed E-state index contributed by atoms with van der Waals surface area (Å²) in [6.07, 6.45) is 2.96. The molecule has 156 valence electrons. The second-order valence-electron chi connectivity index (χ2n) is 7.82. The van der Waals surface area contributed by atoms with Gasteiger partial charge in [-0.1, -0.05) is 53.7 Å². The van der Waals surface area contributed by atoms with Gasteiger partial charge in [0.2, 0.25) is 5.16 Å². The molecule has 2 aromatic carbocycles. The number of hydrogen-bond acceptors (Lipinski definition) is 6. The minimum absolute atomic E-state index is 0.0980. The molecule has 0 N–H and O–H groups in total. The SMILES string of the molecule is COc1ccc([C@H]2CC(=O)c3cn4nc(SCc5ccc(C)cc5)nc4nc3C2)cc1. The van der Waals surface area contributed by atoms with Gasteiger partial charge in [-0.2, -0.15) is 4.98 Å². The first kappa shape index (κ1) is 19.8. The number of carbonyl (C=O) groups is 1. The number of hydrogen-bond donors (Lipinski definition) is 0. The van der Waals surface area contributed by atoms with Crippen LogP contribution in [0.2, 0.25) is 0 Å². The highest BCUT2D eigenvalue weighted by atomic mass is 32.2. The Morgan fingerprint density at radius 3 is 2.58 bits per heavy atom. The number of fused-ring (bicyclic) bond motifs is 2. The van der Waals surface area contributed by atoms with Crippen LogP contribution in [0.4, 0.5) is 0 Å². The first-order chi connectivity index (χ1) is 15.1. The number of rotatable bonds is 5. The molecule has 0 amide bonds. The van der Waals surface area contributed by atoms with E-state index in [0.29, 0.717) is 29.3 Å². The Morgan fingerprint density at radius 2 is 1.84 bits per heavy atom. The van der Waals surface area contributed by atoms with Crippen LogP contribution in [-0.4, -0.2) is 32.5 Å². The van der Waals surface area contributed by atoms with Crippen LogP contribution in [0.1, 0.15) is 45.1 Å². The Hall–Kier alpha value is -3.19. The van der Waals surface area contributed by atoms with E-state index < -0.39 is 0 Å². The van der Waals surface area contributed by atoms with Gasteiger partial charge in [0.1, 0.15) is 5.75 Å². The van der Waals surface area contributed by atoms with Crippen molar-refractivity contribution in [2.45, 2.75) is 36.6 Å². The van der Waals surface area contributed by atoms with E-state index >= 15 is 0 Å². The molecule has 31 heavy (non-hydrogen) atoms. The van der Waals surface area contributed by atoms with Crippen LogP contribution in [0, 0.1) is 6.92 Å². The van der Waals surface area contributed by atoms with E-state index in [2.05, 4.69) is 41.3 Å². The van der Waals surface area contributed by atoms with Crippen LogP contribution in [-0.2, 0) is 12.2 Å². The molecule has 0 saturated heterocycles. The number of methoxy groups -OCH3 is 1.